The Hall–Kier alpha value is -1.55. The van der Waals surface area contributed by atoms with Crippen molar-refractivity contribution in [1.82, 2.24) is 4.98 Å². The van der Waals surface area contributed by atoms with Crippen LogP contribution in [-0.2, 0) is 6.61 Å². The maximum Gasteiger partial charge on any atom is 0.140 e. The summed E-state index contributed by atoms with van der Waals surface area (Å²) in [6, 6.07) is 9.97. The van der Waals surface area contributed by atoms with Gasteiger partial charge in [0.15, 0.2) is 0 Å². The molecule has 94 valence electrons. The SMILES string of the molecule is CCNc1cncc(OCc2ccccc2Br)c1. The zero-order chi connectivity index (χ0) is 12.8. The van der Waals surface area contributed by atoms with Crippen LogP contribution in [0, 0.1) is 0 Å². The Labute approximate surface area is 115 Å². The first-order valence-electron chi connectivity index (χ1n) is 5.84. The van der Waals surface area contributed by atoms with Crippen LogP contribution < -0.4 is 10.1 Å². The molecule has 0 radical (unpaired) electrons. The van der Waals surface area contributed by atoms with Crippen LogP contribution in [0.25, 0.3) is 0 Å². The Morgan fingerprint density at radius 3 is 2.89 bits per heavy atom. The van der Waals surface area contributed by atoms with Crippen LogP contribution in [0.15, 0.2) is 47.2 Å². The predicted molar refractivity (Wildman–Crippen MR) is 76.9 cm³/mol. The maximum absolute atomic E-state index is 5.73. The Morgan fingerprint density at radius 1 is 1.28 bits per heavy atom. The minimum atomic E-state index is 0.526. The third-order valence-electron chi connectivity index (χ3n) is 2.45. The predicted octanol–water partition coefficient (Wildman–Crippen LogP) is 3.85. The number of halogens is 1. The van der Waals surface area contributed by atoms with E-state index in [4.69, 9.17) is 4.74 Å². The van der Waals surface area contributed by atoms with Crippen molar-refractivity contribution in [3.05, 3.63) is 52.8 Å². The highest BCUT2D eigenvalue weighted by atomic mass is 79.9. The number of aromatic nitrogens is 1. The Bertz CT molecular complexity index is 517. The lowest BCUT2D eigenvalue weighted by Crippen LogP contribution is -2.00. The Kier molecular flexibility index (Phi) is 4.59. The summed E-state index contributed by atoms with van der Waals surface area (Å²) in [5.74, 6) is 0.768. The number of hydrogen-bond donors (Lipinski definition) is 1. The molecular weight excluding hydrogens is 292 g/mol. The number of hydrogen-bond acceptors (Lipinski definition) is 3. The van der Waals surface area contributed by atoms with E-state index in [0.717, 1.165) is 28.0 Å². The van der Waals surface area contributed by atoms with Crippen LogP contribution in [0.1, 0.15) is 12.5 Å². The average Bonchev–Trinajstić information content (AvgIpc) is 2.39. The van der Waals surface area contributed by atoms with Crippen molar-refractivity contribution in [2.24, 2.45) is 0 Å². The van der Waals surface area contributed by atoms with Crippen molar-refractivity contribution in [3.8, 4) is 5.75 Å². The summed E-state index contributed by atoms with van der Waals surface area (Å²) in [6.07, 6.45) is 3.51. The fourth-order valence-corrected chi connectivity index (χ4v) is 1.97. The lowest BCUT2D eigenvalue weighted by atomic mass is 10.2. The molecule has 2 aromatic rings. The Balaban J connectivity index is 2.02. The van der Waals surface area contributed by atoms with Crippen LogP contribution in [0.3, 0.4) is 0 Å². The first-order valence-corrected chi connectivity index (χ1v) is 6.64. The molecule has 0 atom stereocenters. The molecule has 0 saturated carbocycles. The number of benzene rings is 1. The molecule has 1 N–H and O–H groups in total. The van der Waals surface area contributed by atoms with E-state index >= 15 is 0 Å². The standard InChI is InChI=1S/C14H15BrN2O/c1-2-17-12-7-13(9-16-8-12)18-10-11-5-3-4-6-14(11)15/h3-9,17H,2,10H2,1H3. The van der Waals surface area contributed by atoms with Gasteiger partial charge in [0.2, 0.25) is 0 Å². The average molecular weight is 307 g/mol. The maximum atomic E-state index is 5.73. The van der Waals surface area contributed by atoms with Gasteiger partial charge in [0.25, 0.3) is 0 Å². The van der Waals surface area contributed by atoms with E-state index < -0.39 is 0 Å². The fourth-order valence-electron chi connectivity index (χ4n) is 1.58. The van der Waals surface area contributed by atoms with Crippen molar-refractivity contribution >= 4 is 21.6 Å². The molecular formula is C14H15BrN2O. The van der Waals surface area contributed by atoms with E-state index in [1.807, 2.05) is 30.3 Å². The first kappa shape index (κ1) is 12.9. The molecule has 0 fully saturated rings. The lowest BCUT2D eigenvalue weighted by Gasteiger charge is -2.09. The minimum absolute atomic E-state index is 0.526. The summed E-state index contributed by atoms with van der Waals surface area (Å²) in [5.41, 5.74) is 2.09. The van der Waals surface area contributed by atoms with Gasteiger partial charge in [-0.15, -0.1) is 0 Å². The second-order valence-electron chi connectivity index (χ2n) is 3.82. The summed E-state index contributed by atoms with van der Waals surface area (Å²) < 4.78 is 6.78. The summed E-state index contributed by atoms with van der Waals surface area (Å²) in [7, 11) is 0. The van der Waals surface area contributed by atoms with Crippen molar-refractivity contribution in [2.45, 2.75) is 13.5 Å². The van der Waals surface area contributed by atoms with Crippen molar-refractivity contribution in [3.63, 3.8) is 0 Å². The molecule has 0 bridgehead atoms. The second kappa shape index (κ2) is 6.40. The third kappa shape index (κ3) is 3.47. The molecule has 0 saturated heterocycles. The van der Waals surface area contributed by atoms with E-state index in [9.17, 15) is 0 Å². The largest absolute Gasteiger partial charge is 0.487 e. The normalized spacial score (nSPS) is 10.1. The smallest absolute Gasteiger partial charge is 0.140 e. The summed E-state index contributed by atoms with van der Waals surface area (Å²) in [6.45, 7) is 3.45. The number of nitrogens with one attached hydrogen (secondary N) is 1. The topological polar surface area (TPSA) is 34.2 Å². The second-order valence-corrected chi connectivity index (χ2v) is 4.67. The molecule has 0 spiro atoms. The van der Waals surface area contributed by atoms with E-state index in [-0.39, 0.29) is 0 Å². The van der Waals surface area contributed by atoms with Gasteiger partial charge in [0.05, 0.1) is 18.1 Å². The monoisotopic (exact) mass is 306 g/mol. The molecule has 1 aromatic heterocycles. The number of rotatable bonds is 5. The van der Waals surface area contributed by atoms with E-state index in [1.54, 1.807) is 12.4 Å². The fraction of sp³-hybridized carbons (Fsp3) is 0.214. The molecule has 0 aliphatic rings. The Morgan fingerprint density at radius 2 is 2.11 bits per heavy atom. The molecule has 1 aromatic carbocycles. The van der Waals surface area contributed by atoms with Crippen molar-refractivity contribution < 1.29 is 4.74 Å². The highest BCUT2D eigenvalue weighted by Crippen LogP contribution is 2.20. The van der Waals surface area contributed by atoms with Gasteiger partial charge in [-0.05, 0) is 13.0 Å². The third-order valence-corrected chi connectivity index (χ3v) is 3.22. The summed E-state index contributed by atoms with van der Waals surface area (Å²) >= 11 is 3.50. The van der Waals surface area contributed by atoms with Gasteiger partial charge in [-0.1, -0.05) is 34.1 Å². The first-order chi connectivity index (χ1) is 8.79. The van der Waals surface area contributed by atoms with Gasteiger partial charge in [-0.25, -0.2) is 0 Å². The van der Waals surface area contributed by atoms with E-state index in [2.05, 4.69) is 33.2 Å². The van der Waals surface area contributed by atoms with Gasteiger partial charge in [0, 0.05) is 22.6 Å². The van der Waals surface area contributed by atoms with Crippen LogP contribution in [-0.4, -0.2) is 11.5 Å². The minimum Gasteiger partial charge on any atom is -0.487 e. The van der Waals surface area contributed by atoms with E-state index in [0.29, 0.717) is 6.61 Å². The van der Waals surface area contributed by atoms with Gasteiger partial charge in [-0.3, -0.25) is 4.98 Å². The van der Waals surface area contributed by atoms with Gasteiger partial charge >= 0.3 is 0 Å². The van der Waals surface area contributed by atoms with Crippen LogP contribution >= 0.6 is 15.9 Å². The molecule has 2 rings (SSSR count). The van der Waals surface area contributed by atoms with Crippen LogP contribution in [0.4, 0.5) is 5.69 Å². The molecule has 0 unspecified atom stereocenters. The van der Waals surface area contributed by atoms with Crippen molar-refractivity contribution in [1.29, 1.82) is 0 Å². The number of pyridine rings is 1. The molecule has 0 aliphatic heterocycles. The zero-order valence-corrected chi connectivity index (χ0v) is 11.8. The molecule has 0 aliphatic carbocycles. The summed E-state index contributed by atoms with van der Waals surface area (Å²) in [5, 5.41) is 3.21. The molecule has 18 heavy (non-hydrogen) atoms. The quantitative estimate of drug-likeness (QED) is 0.911. The molecule has 4 heteroatoms. The van der Waals surface area contributed by atoms with Gasteiger partial charge < -0.3 is 10.1 Å². The number of ether oxygens (including phenoxy) is 1. The van der Waals surface area contributed by atoms with E-state index in [1.165, 1.54) is 0 Å². The zero-order valence-electron chi connectivity index (χ0n) is 10.2. The molecule has 1 heterocycles. The highest BCUT2D eigenvalue weighted by Gasteiger charge is 2.01. The number of anilines is 1. The van der Waals surface area contributed by atoms with Gasteiger partial charge in [-0.2, -0.15) is 0 Å². The number of nitrogens with zero attached hydrogens (tertiary/aromatic N) is 1. The summed E-state index contributed by atoms with van der Waals surface area (Å²) in [4.78, 5) is 4.14. The van der Waals surface area contributed by atoms with Crippen LogP contribution in [0.2, 0.25) is 0 Å². The van der Waals surface area contributed by atoms with Crippen molar-refractivity contribution in [2.75, 3.05) is 11.9 Å². The highest BCUT2D eigenvalue weighted by molar-refractivity contribution is 9.10. The van der Waals surface area contributed by atoms with Gasteiger partial charge in [0.1, 0.15) is 12.4 Å². The lowest BCUT2D eigenvalue weighted by molar-refractivity contribution is 0.304. The molecule has 3 nitrogen and oxygen atoms in total. The van der Waals surface area contributed by atoms with Crippen LogP contribution in [0.5, 0.6) is 5.75 Å². The molecule has 0 amide bonds.